The molecule has 26 heavy (non-hydrogen) atoms. The summed E-state index contributed by atoms with van der Waals surface area (Å²) in [6.45, 7) is 0.630. The molecule has 1 heterocycles. The van der Waals surface area contributed by atoms with Gasteiger partial charge in [0, 0.05) is 23.1 Å². The number of rotatable bonds is 7. The molecule has 0 aliphatic heterocycles. The first kappa shape index (κ1) is 18.9. The third kappa shape index (κ3) is 5.07. The van der Waals surface area contributed by atoms with Gasteiger partial charge in [-0.3, -0.25) is 0 Å². The molecule has 3 aromatic rings. The average molecular weight is 411 g/mol. The zero-order chi connectivity index (χ0) is 18.5. The van der Waals surface area contributed by atoms with Crippen molar-refractivity contribution in [1.82, 2.24) is 9.55 Å². The topological polar surface area (TPSA) is 53.1 Å². The Labute approximate surface area is 167 Å². The lowest BCUT2D eigenvalue weighted by atomic mass is 10.1. The molecule has 0 radical (unpaired) electrons. The van der Waals surface area contributed by atoms with Gasteiger partial charge in [-0.15, -0.1) is 0 Å². The quantitative estimate of drug-likeness (QED) is 0.523. The summed E-state index contributed by atoms with van der Waals surface area (Å²) in [5.74, 6) is 0.448. The zero-order valence-electron chi connectivity index (χ0n) is 13.9. The molecule has 2 N–H and O–H groups in total. The number of nitrogen functional groups attached to an aromatic ring is 1. The van der Waals surface area contributed by atoms with Gasteiger partial charge in [0.25, 0.3) is 0 Å². The Morgan fingerprint density at radius 1 is 1.08 bits per heavy atom. The first-order valence-corrected chi connectivity index (χ1v) is 9.26. The van der Waals surface area contributed by atoms with Crippen LogP contribution in [0, 0.1) is 0 Å². The van der Waals surface area contributed by atoms with Crippen LogP contribution in [0.4, 0.5) is 5.69 Å². The number of nitrogens with zero attached hydrogens (tertiary/aromatic N) is 2. The molecule has 1 aromatic heterocycles. The van der Waals surface area contributed by atoms with E-state index in [4.69, 9.17) is 45.3 Å². The Kier molecular flexibility index (Phi) is 6.30. The van der Waals surface area contributed by atoms with Gasteiger partial charge < -0.3 is 15.0 Å². The van der Waals surface area contributed by atoms with Crippen LogP contribution in [0.25, 0.3) is 0 Å². The molecule has 0 amide bonds. The van der Waals surface area contributed by atoms with Crippen molar-refractivity contribution < 1.29 is 4.74 Å². The summed E-state index contributed by atoms with van der Waals surface area (Å²) >= 11 is 18.5. The molecule has 0 bridgehead atoms. The van der Waals surface area contributed by atoms with Crippen LogP contribution >= 0.6 is 34.8 Å². The second-order valence-corrected chi connectivity index (χ2v) is 7.23. The highest BCUT2D eigenvalue weighted by atomic mass is 35.5. The van der Waals surface area contributed by atoms with E-state index in [2.05, 4.69) is 4.98 Å². The number of hydrogen-bond acceptors (Lipinski definition) is 3. The van der Waals surface area contributed by atoms with E-state index >= 15 is 0 Å². The van der Waals surface area contributed by atoms with E-state index in [1.54, 1.807) is 24.7 Å². The van der Waals surface area contributed by atoms with Crippen LogP contribution in [0.3, 0.4) is 0 Å². The highest BCUT2D eigenvalue weighted by molar-refractivity contribution is 6.37. The van der Waals surface area contributed by atoms with Crippen molar-refractivity contribution in [2.45, 2.75) is 25.5 Å². The van der Waals surface area contributed by atoms with Crippen molar-refractivity contribution in [3.8, 4) is 5.75 Å². The summed E-state index contributed by atoms with van der Waals surface area (Å²) in [6, 6.07) is 11.1. The number of ether oxygens (including phenoxy) is 1. The molecule has 1 atom stereocenters. The van der Waals surface area contributed by atoms with Gasteiger partial charge >= 0.3 is 0 Å². The van der Waals surface area contributed by atoms with Crippen LogP contribution in [-0.4, -0.2) is 15.7 Å². The molecule has 3 rings (SSSR count). The molecule has 0 aliphatic rings. The number of benzene rings is 2. The van der Waals surface area contributed by atoms with Crippen molar-refractivity contribution >= 4 is 40.5 Å². The molecule has 0 saturated carbocycles. The molecular formula is C19H18Cl3N3O. The van der Waals surface area contributed by atoms with Gasteiger partial charge in [0.2, 0.25) is 0 Å². The van der Waals surface area contributed by atoms with Crippen LogP contribution < -0.4 is 10.5 Å². The minimum Gasteiger partial charge on any atom is -0.485 e. The molecule has 7 heteroatoms. The number of aryl methyl sites for hydroxylation is 1. The van der Waals surface area contributed by atoms with Gasteiger partial charge in [-0.05, 0) is 42.7 Å². The summed E-state index contributed by atoms with van der Waals surface area (Å²) in [4.78, 5) is 4.08. The van der Waals surface area contributed by atoms with Gasteiger partial charge in [-0.2, -0.15) is 0 Å². The standard InChI is InChI=1S/C19H18Cl3N3O/c20-14-4-1-13(2-5-14)3-6-16(11-25-8-7-24-12-25)26-19-17(21)9-15(23)10-18(19)22/h1-2,4-5,7-10,12,16H,3,6,11,23H2. The minimum absolute atomic E-state index is 0.140. The zero-order valence-corrected chi connectivity index (χ0v) is 16.2. The summed E-state index contributed by atoms with van der Waals surface area (Å²) in [7, 11) is 0. The molecule has 1 unspecified atom stereocenters. The summed E-state index contributed by atoms with van der Waals surface area (Å²) in [5.41, 5.74) is 7.45. The van der Waals surface area contributed by atoms with E-state index in [0.29, 0.717) is 28.0 Å². The van der Waals surface area contributed by atoms with Gasteiger partial charge in [0.1, 0.15) is 6.10 Å². The maximum Gasteiger partial charge on any atom is 0.157 e. The lowest BCUT2D eigenvalue weighted by molar-refractivity contribution is 0.170. The van der Waals surface area contributed by atoms with Crippen molar-refractivity contribution in [2.75, 3.05) is 5.73 Å². The fourth-order valence-electron chi connectivity index (χ4n) is 2.65. The number of halogens is 3. The Morgan fingerprint density at radius 3 is 2.38 bits per heavy atom. The Hall–Kier alpha value is -1.88. The number of imidazole rings is 1. The van der Waals surface area contributed by atoms with E-state index in [1.807, 2.05) is 35.0 Å². The van der Waals surface area contributed by atoms with E-state index in [0.717, 1.165) is 17.9 Å². The fraction of sp³-hybridized carbons (Fsp3) is 0.211. The smallest absolute Gasteiger partial charge is 0.157 e. The maximum atomic E-state index is 6.27. The van der Waals surface area contributed by atoms with E-state index in [9.17, 15) is 0 Å². The fourth-order valence-corrected chi connectivity index (χ4v) is 3.37. The average Bonchev–Trinajstić information content (AvgIpc) is 3.10. The molecule has 0 spiro atoms. The van der Waals surface area contributed by atoms with E-state index < -0.39 is 0 Å². The second-order valence-electron chi connectivity index (χ2n) is 5.98. The summed E-state index contributed by atoms with van der Waals surface area (Å²) < 4.78 is 8.12. The minimum atomic E-state index is -0.140. The number of hydrogen-bond donors (Lipinski definition) is 1. The van der Waals surface area contributed by atoms with Gasteiger partial charge in [0.15, 0.2) is 5.75 Å². The lowest BCUT2D eigenvalue weighted by Crippen LogP contribution is -2.24. The van der Waals surface area contributed by atoms with Crippen LogP contribution in [0.5, 0.6) is 5.75 Å². The SMILES string of the molecule is Nc1cc(Cl)c(OC(CCc2ccc(Cl)cc2)Cn2ccnc2)c(Cl)c1. The molecule has 2 aromatic carbocycles. The number of aromatic nitrogens is 2. The third-order valence-electron chi connectivity index (χ3n) is 3.95. The molecule has 0 saturated heterocycles. The first-order valence-electron chi connectivity index (χ1n) is 8.12. The van der Waals surface area contributed by atoms with Gasteiger partial charge in [-0.25, -0.2) is 4.98 Å². The Morgan fingerprint density at radius 2 is 1.77 bits per heavy atom. The molecular weight excluding hydrogens is 393 g/mol. The summed E-state index contributed by atoms with van der Waals surface area (Å²) in [6.07, 6.45) is 6.85. The summed E-state index contributed by atoms with van der Waals surface area (Å²) in [5, 5.41) is 1.52. The van der Waals surface area contributed by atoms with Crippen molar-refractivity contribution in [1.29, 1.82) is 0 Å². The lowest BCUT2D eigenvalue weighted by Gasteiger charge is -2.21. The molecule has 136 valence electrons. The van der Waals surface area contributed by atoms with Crippen molar-refractivity contribution in [3.63, 3.8) is 0 Å². The van der Waals surface area contributed by atoms with Crippen LogP contribution in [0.15, 0.2) is 55.1 Å². The normalized spacial score (nSPS) is 12.1. The molecule has 0 fully saturated rings. The van der Waals surface area contributed by atoms with E-state index in [1.165, 1.54) is 5.56 Å². The van der Waals surface area contributed by atoms with Gasteiger partial charge in [0.05, 0.1) is 22.9 Å². The van der Waals surface area contributed by atoms with Crippen molar-refractivity contribution in [2.24, 2.45) is 0 Å². The predicted octanol–water partition coefficient (Wildman–Crippen LogP) is 5.51. The number of nitrogens with two attached hydrogens (primary N) is 1. The monoisotopic (exact) mass is 409 g/mol. The van der Waals surface area contributed by atoms with Crippen LogP contribution in [-0.2, 0) is 13.0 Å². The molecule has 0 aliphatic carbocycles. The second kappa shape index (κ2) is 8.67. The number of anilines is 1. The third-order valence-corrected chi connectivity index (χ3v) is 4.76. The Balaban J connectivity index is 1.76. The first-order chi connectivity index (χ1) is 12.5. The van der Waals surface area contributed by atoms with Crippen molar-refractivity contribution in [3.05, 3.63) is 75.8 Å². The maximum absolute atomic E-state index is 6.27. The van der Waals surface area contributed by atoms with E-state index in [-0.39, 0.29) is 6.10 Å². The van der Waals surface area contributed by atoms with Crippen LogP contribution in [0.1, 0.15) is 12.0 Å². The predicted molar refractivity (Wildman–Crippen MR) is 107 cm³/mol. The largest absolute Gasteiger partial charge is 0.485 e. The highest BCUT2D eigenvalue weighted by Gasteiger charge is 2.17. The van der Waals surface area contributed by atoms with Gasteiger partial charge in [-0.1, -0.05) is 46.9 Å². The highest BCUT2D eigenvalue weighted by Crippen LogP contribution is 2.36. The Bertz CT molecular complexity index is 828. The van der Waals surface area contributed by atoms with Crippen LogP contribution in [0.2, 0.25) is 15.1 Å². The molecule has 4 nitrogen and oxygen atoms in total.